The van der Waals surface area contributed by atoms with Gasteiger partial charge in [0, 0.05) is 24.1 Å². The summed E-state index contributed by atoms with van der Waals surface area (Å²) in [5.74, 6) is 1.13. The van der Waals surface area contributed by atoms with E-state index >= 15 is 0 Å². The van der Waals surface area contributed by atoms with Crippen LogP contribution in [0.1, 0.15) is 49.9 Å². The Labute approximate surface area is 148 Å². The van der Waals surface area contributed by atoms with Crippen LogP contribution >= 0.6 is 0 Å². The Morgan fingerprint density at radius 2 is 1.76 bits per heavy atom. The smallest absolute Gasteiger partial charge is 0.258 e. The third-order valence-corrected chi connectivity index (χ3v) is 4.09. The highest BCUT2D eigenvalue weighted by molar-refractivity contribution is 6.03. The molecule has 1 heterocycles. The van der Waals surface area contributed by atoms with E-state index in [4.69, 9.17) is 4.74 Å². The van der Waals surface area contributed by atoms with Crippen LogP contribution < -0.4 is 15.4 Å². The van der Waals surface area contributed by atoms with E-state index in [9.17, 15) is 4.79 Å². The van der Waals surface area contributed by atoms with Gasteiger partial charge in [-0.1, -0.05) is 12.8 Å². The zero-order valence-corrected chi connectivity index (χ0v) is 14.7. The highest BCUT2D eigenvalue weighted by atomic mass is 16.5. The van der Waals surface area contributed by atoms with Crippen LogP contribution in [0.2, 0.25) is 0 Å². The van der Waals surface area contributed by atoms with Gasteiger partial charge in [-0.25, -0.2) is 9.97 Å². The molecule has 1 aromatic heterocycles. The molecule has 1 saturated carbocycles. The van der Waals surface area contributed by atoms with Crippen LogP contribution in [-0.2, 0) is 0 Å². The van der Waals surface area contributed by atoms with Gasteiger partial charge in [0.05, 0.1) is 11.7 Å². The molecule has 1 fully saturated rings. The van der Waals surface area contributed by atoms with Crippen molar-refractivity contribution in [1.82, 2.24) is 9.97 Å². The molecule has 2 N–H and O–H groups in total. The van der Waals surface area contributed by atoms with Gasteiger partial charge in [-0.15, -0.1) is 0 Å². The quantitative estimate of drug-likeness (QED) is 0.835. The minimum atomic E-state index is -0.232. The van der Waals surface area contributed by atoms with Crippen molar-refractivity contribution in [3.63, 3.8) is 0 Å². The van der Waals surface area contributed by atoms with Crippen molar-refractivity contribution < 1.29 is 9.53 Å². The van der Waals surface area contributed by atoms with E-state index in [0.717, 1.165) is 18.6 Å². The maximum absolute atomic E-state index is 12.3. The van der Waals surface area contributed by atoms with Crippen LogP contribution in [0.4, 0.5) is 11.6 Å². The first-order valence-corrected chi connectivity index (χ1v) is 8.77. The molecule has 0 unspecified atom stereocenters. The predicted molar refractivity (Wildman–Crippen MR) is 98.1 cm³/mol. The summed E-state index contributed by atoms with van der Waals surface area (Å²) >= 11 is 0. The number of carbonyl (C=O) groups is 1. The standard InChI is InChI=1S/C19H24N4O2/c1-13(2)25-17-9-7-16(8-10-17)22-18(24)14-11-20-19(21-12-14)23-15-5-3-4-6-15/h7-13,15H,3-6H2,1-2H3,(H,22,24)(H,20,21,23). The lowest BCUT2D eigenvalue weighted by molar-refractivity contribution is 0.102. The van der Waals surface area contributed by atoms with Gasteiger partial charge in [0.1, 0.15) is 5.75 Å². The number of amides is 1. The van der Waals surface area contributed by atoms with E-state index in [1.807, 2.05) is 38.1 Å². The molecule has 0 aliphatic heterocycles. The number of rotatable bonds is 6. The molecule has 2 aromatic rings. The number of aromatic nitrogens is 2. The Bertz CT molecular complexity index is 692. The second-order valence-electron chi connectivity index (χ2n) is 6.57. The lowest BCUT2D eigenvalue weighted by Gasteiger charge is -2.12. The zero-order chi connectivity index (χ0) is 17.6. The maximum Gasteiger partial charge on any atom is 0.258 e. The highest BCUT2D eigenvalue weighted by Gasteiger charge is 2.16. The van der Waals surface area contributed by atoms with Gasteiger partial charge in [0.25, 0.3) is 5.91 Å². The summed E-state index contributed by atoms with van der Waals surface area (Å²) in [6, 6.07) is 7.74. The SMILES string of the molecule is CC(C)Oc1ccc(NC(=O)c2cnc(NC3CCCC3)nc2)cc1. The molecule has 3 rings (SSSR count). The van der Waals surface area contributed by atoms with Gasteiger partial charge in [-0.2, -0.15) is 0 Å². The van der Waals surface area contributed by atoms with Gasteiger partial charge in [0.2, 0.25) is 5.95 Å². The Morgan fingerprint density at radius 1 is 1.12 bits per heavy atom. The van der Waals surface area contributed by atoms with Crippen molar-refractivity contribution in [3.8, 4) is 5.75 Å². The minimum absolute atomic E-state index is 0.119. The first kappa shape index (κ1) is 17.2. The molecule has 1 amide bonds. The number of ether oxygens (including phenoxy) is 1. The van der Waals surface area contributed by atoms with Crippen LogP contribution in [0.5, 0.6) is 5.75 Å². The Kier molecular flexibility index (Phi) is 5.48. The second-order valence-corrected chi connectivity index (χ2v) is 6.57. The maximum atomic E-state index is 12.3. The highest BCUT2D eigenvalue weighted by Crippen LogP contribution is 2.21. The van der Waals surface area contributed by atoms with Crippen LogP contribution in [0, 0.1) is 0 Å². The molecule has 0 bridgehead atoms. The molecule has 1 aromatic carbocycles. The summed E-state index contributed by atoms with van der Waals surface area (Å²) in [5, 5.41) is 6.15. The Morgan fingerprint density at radius 3 is 2.36 bits per heavy atom. The first-order valence-electron chi connectivity index (χ1n) is 8.77. The van der Waals surface area contributed by atoms with Gasteiger partial charge in [-0.05, 0) is 51.0 Å². The van der Waals surface area contributed by atoms with Crippen LogP contribution in [0.25, 0.3) is 0 Å². The van der Waals surface area contributed by atoms with Crippen molar-refractivity contribution in [2.75, 3.05) is 10.6 Å². The Balaban J connectivity index is 1.57. The summed E-state index contributed by atoms with van der Waals surface area (Å²) in [5.41, 5.74) is 1.13. The average molecular weight is 340 g/mol. The number of hydrogen-bond donors (Lipinski definition) is 2. The number of nitrogens with one attached hydrogen (secondary N) is 2. The predicted octanol–water partition coefficient (Wildman–Crippen LogP) is 3.87. The third kappa shape index (κ3) is 4.92. The second kappa shape index (κ2) is 7.96. The van der Waals surface area contributed by atoms with E-state index < -0.39 is 0 Å². The number of nitrogens with zero attached hydrogens (tertiary/aromatic N) is 2. The van der Waals surface area contributed by atoms with E-state index in [-0.39, 0.29) is 12.0 Å². The summed E-state index contributed by atoms with van der Waals surface area (Å²) in [6.45, 7) is 3.95. The molecule has 6 nitrogen and oxygen atoms in total. The van der Waals surface area contributed by atoms with Crippen LogP contribution in [-0.4, -0.2) is 28.0 Å². The fourth-order valence-corrected chi connectivity index (χ4v) is 2.86. The summed E-state index contributed by atoms with van der Waals surface area (Å²) < 4.78 is 5.59. The lowest BCUT2D eigenvalue weighted by Crippen LogP contribution is -2.18. The molecule has 0 spiro atoms. The minimum Gasteiger partial charge on any atom is -0.491 e. The molecule has 0 saturated heterocycles. The van der Waals surface area contributed by atoms with Gasteiger partial charge < -0.3 is 15.4 Å². The summed E-state index contributed by atoms with van der Waals surface area (Å²) in [4.78, 5) is 20.8. The van der Waals surface area contributed by atoms with E-state index in [0.29, 0.717) is 23.2 Å². The van der Waals surface area contributed by atoms with Crippen molar-refractivity contribution in [3.05, 3.63) is 42.2 Å². The molecule has 1 aliphatic rings. The molecule has 0 radical (unpaired) electrons. The molecular weight excluding hydrogens is 316 g/mol. The number of benzene rings is 1. The zero-order valence-electron chi connectivity index (χ0n) is 14.7. The molecule has 1 aliphatic carbocycles. The van der Waals surface area contributed by atoms with Crippen LogP contribution in [0.3, 0.4) is 0 Å². The van der Waals surface area contributed by atoms with E-state index in [1.54, 1.807) is 12.4 Å². The fourth-order valence-electron chi connectivity index (χ4n) is 2.86. The summed E-state index contributed by atoms with van der Waals surface area (Å²) in [7, 11) is 0. The monoisotopic (exact) mass is 340 g/mol. The van der Waals surface area contributed by atoms with Crippen molar-refractivity contribution in [1.29, 1.82) is 0 Å². The number of anilines is 2. The van der Waals surface area contributed by atoms with Gasteiger partial charge in [-0.3, -0.25) is 4.79 Å². The molecular formula is C19H24N4O2. The molecule has 0 atom stereocenters. The molecule has 6 heteroatoms. The Hall–Kier alpha value is -2.63. The third-order valence-electron chi connectivity index (χ3n) is 4.09. The van der Waals surface area contributed by atoms with E-state index in [1.165, 1.54) is 12.8 Å². The van der Waals surface area contributed by atoms with Gasteiger partial charge >= 0.3 is 0 Å². The fraction of sp³-hybridized carbons (Fsp3) is 0.421. The largest absolute Gasteiger partial charge is 0.491 e. The summed E-state index contributed by atoms with van der Waals surface area (Å²) in [6.07, 6.45) is 8.03. The van der Waals surface area contributed by atoms with Crippen molar-refractivity contribution in [2.24, 2.45) is 0 Å². The van der Waals surface area contributed by atoms with Crippen molar-refractivity contribution >= 4 is 17.5 Å². The lowest BCUT2D eigenvalue weighted by atomic mass is 10.2. The molecule has 132 valence electrons. The number of carbonyl (C=O) groups excluding carboxylic acids is 1. The topological polar surface area (TPSA) is 76.1 Å². The van der Waals surface area contributed by atoms with Crippen molar-refractivity contribution in [2.45, 2.75) is 51.7 Å². The van der Waals surface area contributed by atoms with E-state index in [2.05, 4.69) is 20.6 Å². The number of hydrogen-bond acceptors (Lipinski definition) is 5. The molecule has 25 heavy (non-hydrogen) atoms. The van der Waals surface area contributed by atoms with Gasteiger partial charge in [0.15, 0.2) is 0 Å². The van der Waals surface area contributed by atoms with Crippen LogP contribution in [0.15, 0.2) is 36.7 Å². The average Bonchev–Trinajstić information content (AvgIpc) is 3.10. The first-order chi connectivity index (χ1) is 12.1. The normalized spacial score (nSPS) is 14.5.